The predicted octanol–water partition coefficient (Wildman–Crippen LogP) is 2.72. The summed E-state index contributed by atoms with van der Waals surface area (Å²) in [5.41, 5.74) is 2.95. The van der Waals surface area contributed by atoms with E-state index in [2.05, 4.69) is 36.5 Å². The van der Waals surface area contributed by atoms with E-state index in [4.69, 9.17) is 0 Å². The monoisotopic (exact) mass is 189 g/mol. The fourth-order valence-corrected chi connectivity index (χ4v) is 2.16. The van der Waals surface area contributed by atoms with Gasteiger partial charge in [0.15, 0.2) is 0 Å². The van der Waals surface area contributed by atoms with Crippen LogP contribution >= 0.6 is 0 Å². The lowest BCUT2D eigenvalue weighted by molar-refractivity contribution is 0.461. The summed E-state index contributed by atoms with van der Waals surface area (Å²) in [5.74, 6) is 0.745. The summed E-state index contributed by atoms with van der Waals surface area (Å²) in [7, 11) is 0. The number of hydrogen-bond donors (Lipinski definition) is 1. The normalized spacial score (nSPS) is 22.2. The zero-order valence-corrected chi connectivity index (χ0v) is 8.92. The van der Waals surface area contributed by atoms with Gasteiger partial charge in [-0.2, -0.15) is 0 Å². The van der Waals surface area contributed by atoms with E-state index >= 15 is 0 Å². The third-order valence-electron chi connectivity index (χ3n) is 3.16. The Kier molecular flexibility index (Phi) is 3.20. The lowest BCUT2D eigenvalue weighted by Crippen LogP contribution is -2.28. The first-order chi connectivity index (χ1) is 6.90. The molecule has 1 aromatic carbocycles. The van der Waals surface area contributed by atoms with Gasteiger partial charge < -0.3 is 5.32 Å². The zero-order valence-electron chi connectivity index (χ0n) is 8.92. The molecule has 1 heterocycles. The standard InChI is InChI=1S/C13H19N/c1-2-11-5-7-12(8-6-11)13-4-3-9-14-10-13/h5-8,13-14H,2-4,9-10H2,1H3. The maximum atomic E-state index is 3.46. The van der Waals surface area contributed by atoms with Crippen LogP contribution in [0.25, 0.3) is 0 Å². The van der Waals surface area contributed by atoms with Gasteiger partial charge in [-0.15, -0.1) is 0 Å². The molecule has 0 saturated carbocycles. The van der Waals surface area contributed by atoms with Gasteiger partial charge in [0.05, 0.1) is 0 Å². The number of benzene rings is 1. The highest BCUT2D eigenvalue weighted by Gasteiger charge is 2.14. The zero-order chi connectivity index (χ0) is 9.80. The first-order valence-electron chi connectivity index (χ1n) is 5.69. The van der Waals surface area contributed by atoms with Crippen molar-refractivity contribution < 1.29 is 0 Å². The molecule has 0 radical (unpaired) electrons. The van der Waals surface area contributed by atoms with Crippen molar-refractivity contribution in [3.63, 3.8) is 0 Å². The Morgan fingerprint density at radius 1 is 1.29 bits per heavy atom. The number of nitrogens with one attached hydrogen (secondary N) is 1. The van der Waals surface area contributed by atoms with E-state index in [1.54, 1.807) is 0 Å². The van der Waals surface area contributed by atoms with Crippen LogP contribution in [-0.2, 0) is 6.42 Å². The van der Waals surface area contributed by atoms with Gasteiger partial charge in [0.25, 0.3) is 0 Å². The SMILES string of the molecule is CCc1ccc(C2CCCNC2)cc1. The summed E-state index contributed by atoms with van der Waals surface area (Å²) in [6, 6.07) is 9.14. The molecule has 1 atom stereocenters. The van der Waals surface area contributed by atoms with Crippen molar-refractivity contribution in [1.29, 1.82) is 0 Å². The Labute approximate surface area is 86.5 Å². The van der Waals surface area contributed by atoms with Crippen molar-refractivity contribution in [2.75, 3.05) is 13.1 Å². The average molecular weight is 189 g/mol. The summed E-state index contributed by atoms with van der Waals surface area (Å²) in [4.78, 5) is 0. The number of hydrogen-bond acceptors (Lipinski definition) is 1. The van der Waals surface area contributed by atoms with Crippen molar-refractivity contribution in [2.45, 2.75) is 32.1 Å². The van der Waals surface area contributed by atoms with E-state index in [1.165, 1.54) is 30.5 Å². The largest absolute Gasteiger partial charge is 0.316 e. The number of aryl methyl sites for hydroxylation is 1. The predicted molar refractivity (Wildman–Crippen MR) is 60.7 cm³/mol. The van der Waals surface area contributed by atoms with Gasteiger partial charge in [-0.05, 0) is 42.9 Å². The molecule has 0 bridgehead atoms. The van der Waals surface area contributed by atoms with Gasteiger partial charge in [0, 0.05) is 6.54 Å². The van der Waals surface area contributed by atoms with E-state index in [9.17, 15) is 0 Å². The molecular formula is C13H19N. The highest BCUT2D eigenvalue weighted by Crippen LogP contribution is 2.23. The van der Waals surface area contributed by atoms with E-state index in [0.717, 1.165) is 18.9 Å². The quantitative estimate of drug-likeness (QED) is 0.754. The highest BCUT2D eigenvalue weighted by molar-refractivity contribution is 5.25. The molecule has 1 unspecified atom stereocenters. The molecule has 2 rings (SSSR count). The molecule has 1 fully saturated rings. The van der Waals surface area contributed by atoms with E-state index in [-0.39, 0.29) is 0 Å². The molecule has 1 nitrogen and oxygen atoms in total. The summed E-state index contributed by atoms with van der Waals surface area (Å²) >= 11 is 0. The molecule has 14 heavy (non-hydrogen) atoms. The second-order valence-corrected chi connectivity index (χ2v) is 4.14. The molecule has 1 aliphatic heterocycles. The molecule has 0 amide bonds. The maximum absolute atomic E-state index is 3.46. The molecular weight excluding hydrogens is 170 g/mol. The Bertz CT molecular complexity index is 270. The van der Waals surface area contributed by atoms with Crippen LogP contribution in [0.5, 0.6) is 0 Å². The summed E-state index contributed by atoms with van der Waals surface area (Å²) in [6.07, 6.45) is 3.81. The van der Waals surface area contributed by atoms with Crippen LogP contribution in [0.2, 0.25) is 0 Å². The van der Waals surface area contributed by atoms with Gasteiger partial charge in [-0.1, -0.05) is 31.2 Å². The van der Waals surface area contributed by atoms with Crippen molar-refractivity contribution >= 4 is 0 Å². The van der Waals surface area contributed by atoms with Crippen molar-refractivity contribution in [1.82, 2.24) is 5.32 Å². The first kappa shape index (κ1) is 9.72. The Balaban J connectivity index is 2.07. The molecule has 1 aliphatic rings. The minimum atomic E-state index is 0.745. The van der Waals surface area contributed by atoms with Gasteiger partial charge in [-0.3, -0.25) is 0 Å². The van der Waals surface area contributed by atoms with Crippen molar-refractivity contribution in [3.8, 4) is 0 Å². The van der Waals surface area contributed by atoms with E-state index in [1.807, 2.05) is 0 Å². The average Bonchev–Trinajstić information content (AvgIpc) is 2.30. The topological polar surface area (TPSA) is 12.0 Å². The van der Waals surface area contributed by atoms with Crippen molar-refractivity contribution in [2.24, 2.45) is 0 Å². The lowest BCUT2D eigenvalue weighted by atomic mass is 9.91. The fraction of sp³-hybridized carbons (Fsp3) is 0.538. The fourth-order valence-electron chi connectivity index (χ4n) is 2.16. The van der Waals surface area contributed by atoms with E-state index < -0.39 is 0 Å². The molecule has 0 aromatic heterocycles. The highest BCUT2D eigenvalue weighted by atomic mass is 14.9. The lowest BCUT2D eigenvalue weighted by Gasteiger charge is -2.23. The molecule has 0 aliphatic carbocycles. The summed E-state index contributed by atoms with van der Waals surface area (Å²) in [6.45, 7) is 4.56. The van der Waals surface area contributed by atoms with Gasteiger partial charge >= 0.3 is 0 Å². The smallest absolute Gasteiger partial charge is 0.00201 e. The third kappa shape index (κ3) is 2.16. The third-order valence-corrected chi connectivity index (χ3v) is 3.16. The van der Waals surface area contributed by atoms with Crippen LogP contribution in [0.1, 0.15) is 36.8 Å². The van der Waals surface area contributed by atoms with Gasteiger partial charge in [0.2, 0.25) is 0 Å². The van der Waals surface area contributed by atoms with Crippen molar-refractivity contribution in [3.05, 3.63) is 35.4 Å². The molecule has 76 valence electrons. The second kappa shape index (κ2) is 4.61. The molecule has 1 aromatic rings. The Morgan fingerprint density at radius 2 is 2.07 bits per heavy atom. The van der Waals surface area contributed by atoms with E-state index in [0.29, 0.717) is 0 Å². The number of rotatable bonds is 2. The van der Waals surface area contributed by atoms with Crippen LogP contribution < -0.4 is 5.32 Å². The van der Waals surface area contributed by atoms with Crippen LogP contribution in [0.15, 0.2) is 24.3 Å². The molecule has 1 heteroatoms. The maximum Gasteiger partial charge on any atom is 0.00201 e. The van der Waals surface area contributed by atoms with Crippen LogP contribution in [-0.4, -0.2) is 13.1 Å². The number of piperidine rings is 1. The molecule has 0 spiro atoms. The first-order valence-corrected chi connectivity index (χ1v) is 5.69. The minimum absolute atomic E-state index is 0.745. The van der Waals surface area contributed by atoms with Crippen LogP contribution in [0, 0.1) is 0 Å². The van der Waals surface area contributed by atoms with Gasteiger partial charge in [-0.25, -0.2) is 0 Å². The van der Waals surface area contributed by atoms with Crippen LogP contribution in [0.4, 0.5) is 0 Å². The minimum Gasteiger partial charge on any atom is -0.316 e. The summed E-state index contributed by atoms with van der Waals surface area (Å²) < 4.78 is 0. The Morgan fingerprint density at radius 3 is 2.64 bits per heavy atom. The van der Waals surface area contributed by atoms with Gasteiger partial charge in [0.1, 0.15) is 0 Å². The molecule has 1 saturated heterocycles. The van der Waals surface area contributed by atoms with Crippen LogP contribution in [0.3, 0.4) is 0 Å². The molecule has 1 N–H and O–H groups in total. The Hall–Kier alpha value is -0.820. The summed E-state index contributed by atoms with van der Waals surface area (Å²) in [5, 5.41) is 3.46. The second-order valence-electron chi connectivity index (χ2n) is 4.14.